The Morgan fingerprint density at radius 3 is 3.00 bits per heavy atom. The van der Waals surface area contributed by atoms with Crippen LogP contribution in [0.5, 0.6) is 0 Å². The van der Waals surface area contributed by atoms with Crippen LogP contribution in [0.1, 0.15) is 19.8 Å². The van der Waals surface area contributed by atoms with Crippen molar-refractivity contribution >= 4 is 0 Å². The molecule has 2 heteroatoms. The van der Waals surface area contributed by atoms with Gasteiger partial charge in [0.05, 0.1) is 11.6 Å². The highest BCUT2D eigenvalue weighted by Gasteiger charge is 2.21. The molecule has 0 bridgehead atoms. The van der Waals surface area contributed by atoms with Crippen molar-refractivity contribution in [1.29, 1.82) is 5.26 Å². The molecule has 0 saturated carbocycles. The molecule has 11 heavy (non-hydrogen) atoms. The zero-order valence-corrected chi connectivity index (χ0v) is 6.63. The quantitative estimate of drug-likeness (QED) is 0.563. The van der Waals surface area contributed by atoms with Crippen molar-refractivity contribution in [3.8, 4) is 6.07 Å². The third-order valence-electron chi connectivity index (χ3n) is 1.75. The molecule has 2 nitrogen and oxygen atoms in total. The molecule has 1 rings (SSSR count). The largest absolute Gasteiger partial charge is 0.489 e. The molecule has 0 aromatic carbocycles. The summed E-state index contributed by atoms with van der Waals surface area (Å²) in [5.41, 5.74) is 0.775. The molecule has 1 aliphatic rings. The van der Waals surface area contributed by atoms with Crippen LogP contribution in [0.4, 0.5) is 0 Å². The fourth-order valence-corrected chi connectivity index (χ4v) is 1.15. The molecule has 0 saturated heterocycles. The zero-order valence-electron chi connectivity index (χ0n) is 6.63. The lowest BCUT2D eigenvalue weighted by Crippen LogP contribution is -1.99. The number of ether oxygens (including phenoxy) is 1. The Morgan fingerprint density at radius 2 is 2.64 bits per heavy atom. The maximum absolute atomic E-state index is 8.66. The average Bonchev–Trinajstić information content (AvgIpc) is 2.46. The predicted molar refractivity (Wildman–Crippen MR) is 42.6 cm³/mol. The second kappa shape index (κ2) is 3.25. The van der Waals surface area contributed by atoms with Gasteiger partial charge in [0, 0.05) is 12.8 Å². The highest BCUT2D eigenvalue weighted by Crippen LogP contribution is 2.26. The van der Waals surface area contributed by atoms with Crippen molar-refractivity contribution < 1.29 is 4.74 Å². The van der Waals surface area contributed by atoms with Gasteiger partial charge >= 0.3 is 0 Å². The van der Waals surface area contributed by atoms with E-state index in [0.717, 1.165) is 17.8 Å². The van der Waals surface area contributed by atoms with E-state index in [0.29, 0.717) is 6.42 Å². The molecular formula is C9H11NO. The highest BCUT2D eigenvalue weighted by atomic mass is 16.5. The van der Waals surface area contributed by atoms with Crippen molar-refractivity contribution in [2.75, 3.05) is 0 Å². The molecule has 0 aromatic heterocycles. The van der Waals surface area contributed by atoms with Crippen LogP contribution in [0.15, 0.2) is 24.0 Å². The summed E-state index contributed by atoms with van der Waals surface area (Å²) >= 11 is 0. The second-order valence-electron chi connectivity index (χ2n) is 2.46. The van der Waals surface area contributed by atoms with Gasteiger partial charge in [-0.3, -0.25) is 0 Å². The molecule has 1 aliphatic heterocycles. The lowest BCUT2D eigenvalue weighted by Gasteiger charge is -2.05. The Labute approximate surface area is 66.8 Å². The third kappa shape index (κ3) is 1.43. The summed E-state index contributed by atoms with van der Waals surface area (Å²) < 4.78 is 5.40. The first-order valence-corrected chi connectivity index (χ1v) is 3.73. The Bertz CT molecular complexity index is 234. The number of nitriles is 1. The van der Waals surface area contributed by atoms with E-state index in [1.807, 2.05) is 6.92 Å². The summed E-state index contributed by atoms with van der Waals surface area (Å²) in [7, 11) is 0. The van der Waals surface area contributed by atoms with E-state index in [1.165, 1.54) is 0 Å². The van der Waals surface area contributed by atoms with Crippen LogP contribution in [0.2, 0.25) is 0 Å². The lowest BCUT2D eigenvalue weighted by atomic mass is 10.1. The van der Waals surface area contributed by atoms with Crippen LogP contribution in [0.3, 0.4) is 0 Å². The molecule has 0 aliphatic carbocycles. The van der Waals surface area contributed by atoms with Gasteiger partial charge in [-0.1, -0.05) is 19.6 Å². The normalized spacial score (nSPS) is 22.7. The number of rotatable bonds is 2. The summed E-state index contributed by atoms with van der Waals surface area (Å²) in [4.78, 5) is 0. The molecule has 0 fully saturated rings. The van der Waals surface area contributed by atoms with E-state index >= 15 is 0 Å². The van der Waals surface area contributed by atoms with Gasteiger partial charge in [-0.2, -0.15) is 5.26 Å². The molecule has 1 unspecified atom stereocenters. The van der Waals surface area contributed by atoms with Crippen LogP contribution < -0.4 is 0 Å². The smallest absolute Gasteiger partial charge is 0.121 e. The molecule has 0 radical (unpaired) electrons. The minimum atomic E-state index is 0.0274. The van der Waals surface area contributed by atoms with Gasteiger partial charge in [0.25, 0.3) is 0 Å². The molecular weight excluding hydrogens is 138 g/mol. The van der Waals surface area contributed by atoms with Gasteiger partial charge in [0.1, 0.15) is 11.9 Å². The second-order valence-corrected chi connectivity index (χ2v) is 2.46. The highest BCUT2D eigenvalue weighted by molar-refractivity contribution is 5.29. The van der Waals surface area contributed by atoms with Gasteiger partial charge in [-0.05, 0) is 0 Å². The number of hydrogen-bond acceptors (Lipinski definition) is 2. The minimum Gasteiger partial charge on any atom is -0.489 e. The van der Waals surface area contributed by atoms with E-state index < -0.39 is 0 Å². The van der Waals surface area contributed by atoms with Crippen LogP contribution in [-0.4, -0.2) is 6.10 Å². The van der Waals surface area contributed by atoms with Gasteiger partial charge in [-0.15, -0.1) is 0 Å². The maximum Gasteiger partial charge on any atom is 0.121 e. The first-order chi connectivity index (χ1) is 5.31. The Balaban J connectivity index is 2.73. The molecule has 0 aromatic rings. The van der Waals surface area contributed by atoms with Crippen molar-refractivity contribution in [2.24, 2.45) is 0 Å². The SMILES string of the molecule is C=CC1CC(C#N)=C(CC)O1. The standard InChI is InChI=1S/C9H11NO/c1-3-8-5-7(6-10)9(4-2)11-8/h3,8H,1,4-5H2,2H3. The summed E-state index contributed by atoms with van der Waals surface area (Å²) in [6.45, 7) is 5.60. The van der Waals surface area contributed by atoms with E-state index in [-0.39, 0.29) is 6.10 Å². The van der Waals surface area contributed by atoms with Crippen molar-refractivity contribution in [1.82, 2.24) is 0 Å². The number of hydrogen-bond donors (Lipinski definition) is 0. The van der Waals surface area contributed by atoms with Crippen molar-refractivity contribution in [3.05, 3.63) is 24.0 Å². The number of nitrogens with zero attached hydrogens (tertiary/aromatic N) is 1. The van der Waals surface area contributed by atoms with E-state index in [9.17, 15) is 0 Å². The Kier molecular flexibility index (Phi) is 2.32. The van der Waals surface area contributed by atoms with E-state index in [4.69, 9.17) is 10.00 Å². The zero-order chi connectivity index (χ0) is 8.27. The van der Waals surface area contributed by atoms with Crippen LogP contribution in [0.25, 0.3) is 0 Å². The van der Waals surface area contributed by atoms with Crippen molar-refractivity contribution in [2.45, 2.75) is 25.9 Å². The van der Waals surface area contributed by atoms with Gasteiger partial charge < -0.3 is 4.74 Å². The molecule has 0 spiro atoms. The topological polar surface area (TPSA) is 33.0 Å². The monoisotopic (exact) mass is 149 g/mol. The molecule has 1 heterocycles. The van der Waals surface area contributed by atoms with E-state index in [2.05, 4.69) is 12.6 Å². The molecule has 1 atom stereocenters. The first kappa shape index (κ1) is 7.87. The van der Waals surface area contributed by atoms with Crippen LogP contribution in [0, 0.1) is 11.3 Å². The Hall–Kier alpha value is -1.23. The summed E-state index contributed by atoms with van der Waals surface area (Å²) in [5, 5.41) is 8.66. The van der Waals surface area contributed by atoms with Gasteiger partial charge in [0.15, 0.2) is 0 Å². The summed E-state index contributed by atoms with van der Waals surface area (Å²) in [5.74, 6) is 0.831. The van der Waals surface area contributed by atoms with Crippen molar-refractivity contribution in [3.63, 3.8) is 0 Å². The predicted octanol–water partition coefficient (Wildman–Crippen LogP) is 2.15. The fourth-order valence-electron chi connectivity index (χ4n) is 1.15. The van der Waals surface area contributed by atoms with Gasteiger partial charge in [0.2, 0.25) is 0 Å². The summed E-state index contributed by atoms with van der Waals surface area (Å²) in [6.07, 6.45) is 3.26. The maximum atomic E-state index is 8.66. The molecule has 58 valence electrons. The Morgan fingerprint density at radius 1 is 1.91 bits per heavy atom. The third-order valence-corrected chi connectivity index (χ3v) is 1.75. The fraction of sp³-hybridized carbons (Fsp3) is 0.444. The summed E-state index contributed by atoms with van der Waals surface area (Å²) in [6, 6.07) is 2.14. The van der Waals surface area contributed by atoms with Gasteiger partial charge in [-0.25, -0.2) is 0 Å². The number of allylic oxidation sites excluding steroid dienone is 1. The first-order valence-electron chi connectivity index (χ1n) is 3.73. The molecule has 0 N–H and O–H groups in total. The van der Waals surface area contributed by atoms with E-state index in [1.54, 1.807) is 6.08 Å². The average molecular weight is 149 g/mol. The lowest BCUT2D eigenvalue weighted by molar-refractivity contribution is 0.177. The minimum absolute atomic E-state index is 0.0274. The van der Waals surface area contributed by atoms with Crippen LogP contribution >= 0.6 is 0 Å². The molecule has 0 amide bonds. The van der Waals surface area contributed by atoms with Crippen LogP contribution in [-0.2, 0) is 4.74 Å².